The molecule has 0 fully saturated rings. The summed E-state index contributed by atoms with van der Waals surface area (Å²) < 4.78 is 0. The van der Waals surface area contributed by atoms with Crippen LogP contribution in [-0.4, -0.2) is 27.6 Å². The van der Waals surface area contributed by atoms with Crippen LogP contribution in [0.15, 0.2) is 12.4 Å². The Morgan fingerprint density at radius 3 is 2.88 bits per heavy atom. The van der Waals surface area contributed by atoms with E-state index in [2.05, 4.69) is 27.4 Å². The van der Waals surface area contributed by atoms with E-state index < -0.39 is 0 Å². The molecule has 1 aromatic heterocycles. The number of aromatic nitrogens is 3. The van der Waals surface area contributed by atoms with E-state index in [4.69, 9.17) is 5.73 Å². The summed E-state index contributed by atoms with van der Waals surface area (Å²) in [4.78, 5) is 15.5. The number of hydrogen-bond acceptors (Lipinski definition) is 5. The van der Waals surface area contributed by atoms with Gasteiger partial charge in [0, 0.05) is 6.42 Å². The number of nitrogens with zero attached hydrogens (tertiary/aromatic N) is 3. The molecule has 94 valence electrons. The third-order valence-electron chi connectivity index (χ3n) is 2.67. The van der Waals surface area contributed by atoms with Gasteiger partial charge < -0.3 is 5.73 Å². The van der Waals surface area contributed by atoms with E-state index in [1.165, 1.54) is 12.4 Å². The van der Waals surface area contributed by atoms with Crippen molar-refractivity contribution >= 4 is 11.9 Å². The summed E-state index contributed by atoms with van der Waals surface area (Å²) >= 11 is 0. The molecule has 1 atom stereocenters. The van der Waals surface area contributed by atoms with Gasteiger partial charge in [-0.15, -0.1) is 5.10 Å². The lowest BCUT2D eigenvalue weighted by molar-refractivity contribution is -0.116. The molecular weight excluding hydrogens is 218 g/mol. The molecule has 0 saturated carbocycles. The lowest BCUT2D eigenvalue weighted by atomic mass is 9.96. The highest BCUT2D eigenvalue weighted by molar-refractivity contribution is 5.88. The maximum absolute atomic E-state index is 11.6. The SMILES string of the molecule is CCC(CCN)CCC(=O)Nc1nccnn1. The van der Waals surface area contributed by atoms with Crippen LogP contribution in [0.1, 0.15) is 32.6 Å². The third kappa shape index (κ3) is 5.35. The van der Waals surface area contributed by atoms with E-state index in [1.54, 1.807) is 0 Å². The van der Waals surface area contributed by atoms with Crippen LogP contribution in [-0.2, 0) is 4.79 Å². The third-order valence-corrected chi connectivity index (χ3v) is 2.67. The molecule has 0 aliphatic carbocycles. The van der Waals surface area contributed by atoms with E-state index in [9.17, 15) is 4.79 Å². The topological polar surface area (TPSA) is 93.8 Å². The predicted octanol–water partition coefficient (Wildman–Crippen LogP) is 0.965. The number of nitrogens with two attached hydrogens (primary N) is 1. The Bertz CT molecular complexity index is 330. The minimum Gasteiger partial charge on any atom is -0.330 e. The van der Waals surface area contributed by atoms with Crippen molar-refractivity contribution in [1.82, 2.24) is 15.2 Å². The number of carbonyl (C=O) groups excluding carboxylic acids is 1. The summed E-state index contributed by atoms with van der Waals surface area (Å²) in [5.74, 6) is 0.693. The minimum absolute atomic E-state index is 0.0755. The summed E-state index contributed by atoms with van der Waals surface area (Å²) in [7, 11) is 0. The van der Waals surface area contributed by atoms with Gasteiger partial charge in [0.2, 0.25) is 11.9 Å². The fourth-order valence-electron chi connectivity index (χ4n) is 1.62. The molecular formula is C11H19N5O. The molecule has 1 unspecified atom stereocenters. The van der Waals surface area contributed by atoms with Crippen LogP contribution >= 0.6 is 0 Å². The van der Waals surface area contributed by atoms with Gasteiger partial charge in [0.25, 0.3) is 0 Å². The first-order valence-electron chi connectivity index (χ1n) is 5.89. The van der Waals surface area contributed by atoms with Crippen molar-refractivity contribution in [2.75, 3.05) is 11.9 Å². The van der Waals surface area contributed by atoms with E-state index in [-0.39, 0.29) is 11.9 Å². The number of anilines is 1. The first-order valence-corrected chi connectivity index (χ1v) is 5.89. The molecule has 1 rings (SSSR count). The van der Waals surface area contributed by atoms with Gasteiger partial charge in [-0.2, -0.15) is 5.10 Å². The van der Waals surface area contributed by atoms with Crippen LogP contribution in [0.4, 0.5) is 5.95 Å². The van der Waals surface area contributed by atoms with Crippen molar-refractivity contribution in [2.24, 2.45) is 11.7 Å². The van der Waals surface area contributed by atoms with Crippen LogP contribution < -0.4 is 11.1 Å². The number of hydrogen-bond donors (Lipinski definition) is 2. The predicted molar refractivity (Wildman–Crippen MR) is 65.1 cm³/mol. The Balaban J connectivity index is 2.30. The van der Waals surface area contributed by atoms with E-state index in [0.29, 0.717) is 18.9 Å². The highest BCUT2D eigenvalue weighted by Gasteiger charge is 2.09. The second-order valence-electron chi connectivity index (χ2n) is 3.90. The molecule has 3 N–H and O–H groups in total. The van der Waals surface area contributed by atoms with Crippen LogP contribution in [0, 0.1) is 5.92 Å². The van der Waals surface area contributed by atoms with E-state index in [1.807, 2.05) is 0 Å². The van der Waals surface area contributed by atoms with Crippen LogP contribution in [0.2, 0.25) is 0 Å². The minimum atomic E-state index is -0.0755. The van der Waals surface area contributed by atoms with E-state index in [0.717, 1.165) is 19.3 Å². The summed E-state index contributed by atoms with van der Waals surface area (Å²) in [6.45, 7) is 2.79. The number of carbonyl (C=O) groups is 1. The summed E-state index contributed by atoms with van der Waals surface area (Å²) in [6, 6.07) is 0. The zero-order valence-corrected chi connectivity index (χ0v) is 10.1. The first kappa shape index (κ1) is 13.5. The molecule has 0 spiro atoms. The van der Waals surface area contributed by atoms with Gasteiger partial charge >= 0.3 is 0 Å². The van der Waals surface area contributed by atoms with Crippen molar-refractivity contribution in [3.05, 3.63) is 12.4 Å². The molecule has 6 heteroatoms. The Morgan fingerprint density at radius 1 is 1.47 bits per heavy atom. The number of amides is 1. The molecule has 0 aliphatic heterocycles. The van der Waals surface area contributed by atoms with Gasteiger partial charge in [-0.25, -0.2) is 4.98 Å². The Labute approximate surface area is 101 Å². The van der Waals surface area contributed by atoms with Crippen molar-refractivity contribution in [2.45, 2.75) is 32.6 Å². The molecule has 1 aromatic rings. The average molecular weight is 237 g/mol. The monoisotopic (exact) mass is 237 g/mol. The van der Waals surface area contributed by atoms with Gasteiger partial charge in [-0.3, -0.25) is 10.1 Å². The van der Waals surface area contributed by atoms with Gasteiger partial charge in [0.05, 0.1) is 12.4 Å². The van der Waals surface area contributed by atoms with E-state index >= 15 is 0 Å². The Kier molecular flexibility index (Phi) is 6.09. The Morgan fingerprint density at radius 2 is 2.29 bits per heavy atom. The molecule has 17 heavy (non-hydrogen) atoms. The fourth-order valence-corrected chi connectivity index (χ4v) is 1.62. The summed E-state index contributed by atoms with van der Waals surface area (Å²) in [6.07, 6.45) is 6.29. The summed E-state index contributed by atoms with van der Waals surface area (Å²) in [5, 5.41) is 9.93. The Hall–Kier alpha value is -1.56. The lowest BCUT2D eigenvalue weighted by Gasteiger charge is -2.12. The van der Waals surface area contributed by atoms with Gasteiger partial charge in [0.1, 0.15) is 0 Å². The average Bonchev–Trinajstić information content (AvgIpc) is 2.35. The van der Waals surface area contributed by atoms with Crippen LogP contribution in [0.5, 0.6) is 0 Å². The van der Waals surface area contributed by atoms with Gasteiger partial charge in [0.15, 0.2) is 0 Å². The molecule has 6 nitrogen and oxygen atoms in total. The standard InChI is InChI=1S/C11H19N5O/c1-2-9(5-6-12)3-4-10(17)15-11-13-7-8-14-16-11/h7-9H,2-6,12H2,1H3,(H,13,15,16,17). The molecule has 0 bridgehead atoms. The second kappa shape index (κ2) is 7.67. The highest BCUT2D eigenvalue weighted by Crippen LogP contribution is 2.14. The normalized spacial score (nSPS) is 12.1. The van der Waals surface area contributed by atoms with Gasteiger partial charge in [-0.05, 0) is 25.3 Å². The number of nitrogens with one attached hydrogen (secondary N) is 1. The summed E-state index contributed by atoms with van der Waals surface area (Å²) in [5.41, 5.74) is 5.51. The van der Waals surface area contributed by atoms with Crippen molar-refractivity contribution in [1.29, 1.82) is 0 Å². The molecule has 1 amide bonds. The molecule has 0 radical (unpaired) electrons. The van der Waals surface area contributed by atoms with Crippen LogP contribution in [0.25, 0.3) is 0 Å². The highest BCUT2D eigenvalue weighted by atomic mass is 16.1. The zero-order valence-electron chi connectivity index (χ0n) is 10.1. The fraction of sp³-hybridized carbons (Fsp3) is 0.636. The van der Waals surface area contributed by atoms with Crippen molar-refractivity contribution in [3.63, 3.8) is 0 Å². The second-order valence-corrected chi connectivity index (χ2v) is 3.90. The number of rotatable bonds is 7. The molecule has 0 aromatic carbocycles. The van der Waals surface area contributed by atoms with Crippen molar-refractivity contribution in [3.8, 4) is 0 Å². The largest absolute Gasteiger partial charge is 0.330 e. The lowest BCUT2D eigenvalue weighted by Crippen LogP contribution is -2.16. The quantitative estimate of drug-likeness (QED) is 0.736. The molecule has 0 aliphatic rings. The van der Waals surface area contributed by atoms with Crippen molar-refractivity contribution < 1.29 is 4.79 Å². The zero-order chi connectivity index (χ0) is 12.5. The van der Waals surface area contributed by atoms with Gasteiger partial charge in [-0.1, -0.05) is 13.3 Å². The first-order chi connectivity index (χ1) is 8.26. The smallest absolute Gasteiger partial charge is 0.249 e. The molecule has 1 heterocycles. The maximum Gasteiger partial charge on any atom is 0.249 e. The van der Waals surface area contributed by atoms with Crippen LogP contribution in [0.3, 0.4) is 0 Å². The molecule has 0 saturated heterocycles. The maximum atomic E-state index is 11.6.